The van der Waals surface area contributed by atoms with Crippen molar-refractivity contribution in [3.63, 3.8) is 0 Å². The summed E-state index contributed by atoms with van der Waals surface area (Å²) in [7, 11) is 0. The van der Waals surface area contributed by atoms with Crippen LogP contribution in [-0.4, -0.2) is 12.2 Å². The van der Waals surface area contributed by atoms with Crippen LogP contribution in [0, 0.1) is 11.8 Å². The van der Waals surface area contributed by atoms with Crippen LogP contribution >= 0.6 is 0 Å². The molecule has 1 saturated heterocycles. The molecule has 1 heterocycles. The van der Waals surface area contributed by atoms with Crippen LogP contribution in [0.1, 0.15) is 33.1 Å². The van der Waals surface area contributed by atoms with E-state index in [4.69, 9.17) is 4.74 Å². The van der Waals surface area contributed by atoms with Crippen molar-refractivity contribution in [2.75, 3.05) is 6.61 Å². The minimum Gasteiger partial charge on any atom is -0.370 e. The van der Waals surface area contributed by atoms with E-state index in [-0.39, 0.29) is 0 Å². The fourth-order valence-electron chi connectivity index (χ4n) is 1.75. The topological polar surface area (TPSA) is 12.5 Å². The van der Waals surface area contributed by atoms with Crippen LogP contribution in [0.3, 0.4) is 0 Å². The molecule has 2 unspecified atom stereocenters. The molecular formula is C9H16O. The zero-order valence-electron chi connectivity index (χ0n) is 6.89. The van der Waals surface area contributed by atoms with Gasteiger partial charge in [0.2, 0.25) is 0 Å². The lowest BCUT2D eigenvalue weighted by Crippen LogP contribution is -2.11. The van der Waals surface area contributed by atoms with Gasteiger partial charge in [-0.25, -0.2) is 0 Å². The van der Waals surface area contributed by atoms with E-state index in [1.807, 2.05) is 0 Å². The molecule has 2 aliphatic rings. The number of ether oxygens (including phenoxy) is 1. The third-order valence-electron chi connectivity index (χ3n) is 2.82. The summed E-state index contributed by atoms with van der Waals surface area (Å²) in [5, 5.41) is 0. The molecule has 1 nitrogen and oxygen atoms in total. The van der Waals surface area contributed by atoms with E-state index in [9.17, 15) is 0 Å². The first-order valence-corrected chi connectivity index (χ1v) is 4.34. The maximum absolute atomic E-state index is 5.34. The van der Waals surface area contributed by atoms with Crippen molar-refractivity contribution >= 4 is 0 Å². The molecule has 2 fully saturated rings. The molecule has 58 valence electrons. The number of hydrogen-bond donors (Lipinski definition) is 0. The van der Waals surface area contributed by atoms with E-state index < -0.39 is 0 Å². The minimum atomic E-state index is 0.294. The highest BCUT2D eigenvalue weighted by atomic mass is 16.6. The summed E-state index contributed by atoms with van der Waals surface area (Å²) in [6.07, 6.45) is 4.23. The summed E-state index contributed by atoms with van der Waals surface area (Å²) >= 11 is 0. The summed E-state index contributed by atoms with van der Waals surface area (Å²) in [5.41, 5.74) is 0.294. The summed E-state index contributed by atoms with van der Waals surface area (Å²) in [4.78, 5) is 0. The van der Waals surface area contributed by atoms with Crippen molar-refractivity contribution in [1.82, 2.24) is 0 Å². The first kappa shape index (κ1) is 6.66. The predicted molar refractivity (Wildman–Crippen MR) is 40.9 cm³/mol. The summed E-state index contributed by atoms with van der Waals surface area (Å²) in [5.74, 6) is 1.95. The lowest BCUT2D eigenvalue weighted by molar-refractivity contribution is 0.265. The molecule has 2 rings (SSSR count). The van der Waals surface area contributed by atoms with Crippen LogP contribution in [0.2, 0.25) is 0 Å². The van der Waals surface area contributed by atoms with Crippen molar-refractivity contribution in [2.45, 2.75) is 38.7 Å². The summed E-state index contributed by atoms with van der Waals surface area (Å²) < 4.78 is 5.34. The van der Waals surface area contributed by atoms with E-state index in [1.54, 1.807) is 0 Å². The molecule has 0 radical (unpaired) electrons. The smallest absolute Gasteiger partial charge is 0.0891 e. The van der Waals surface area contributed by atoms with Crippen molar-refractivity contribution in [3.05, 3.63) is 0 Å². The van der Waals surface area contributed by atoms with Gasteiger partial charge in [0.05, 0.1) is 12.2 Å². The summed E-state index contributed by atoms with van der Waals surface area (Å²) in [6, 6.07) is 0. The Labute approximate surface area is 62.8 Å². The van der Waals surface area contributed by atoms with Gasteiger partial charge in [0.1, 0.15) is 0 Å². The van der Waals surface area contributed by atoms with Gasteiger partial charge in [-0.15, -0.1) is 0 Å². The monoisotopic (exact) mass is 140 g/mol. The molecule has 0 bridgehead atoms. The Bertz CT molecular complexity index is 134. The zero-order chi connectivity index (χ0) is 7.19. The average Bonchev–Trinajstić information content (AvgIpc) is 2.60. The third-order valence-corrected chi connectivity index (χ3v) is 2.82. The lowest BCUT2D eigenvalue weighted by Gasteiger charge is -2.11. The molecule has 10 heavy (non-hydrogen) atoms. The highest BCUT2D eigenvalue weighted by molar-refractivity contribution is 4.92. The van der Waals surface area contributed by atoms with Gasteiger partial charge in [-0.3, -0.25) is 0 Å². The fourth-order valence-corrected chi connectivity index (χ4v) is 1.75. The van der Waals surface area contributed by atoms with E-state index in [0.717, 1.165) is 18.4 Å². The van der Waals surface area contributed by atoms with Crippen molar-refractivity contribution in [2.24, 2.45) is 11.8 Å². The molecule has 0 aromatic rings. The maximum Gasteiger partial charge on any atom is 0.0891 e. The Balaban J connectivity index is 1.77. The first-order valence-electron chi connectivity index (χ1n) is 4.34. The molecule has 1 heteroatoms. The molecule has 0 amide bonds. The Kier molecular flexibility index (Phi) is 1.31. The van der Waals surface area contributed by atoms with Crippen LogP contribution in [0.25, 0.3) is 0 Å². The highest BCUT2D eigenvalue weighted by Gasteiger charge is 2.43. The van der Waals surface area contributed by atoms with Crippen LogP contribution in [0.15, 0.2) is 0 Å². The molecule has 1 aliphatic carbocycles. The average molecular weight is 140 g/mol. The molecule has 1 saturated carbocycles. The van der Waals surface area contributed by atoms with Gasteiger partial charge in [-0.05, 0) is 38.0 Å². The van der Waals surface area contributed by atoms with Gasteiger partial charge in [0, 0.05) is 0 Å². The van der Waals surface area contributed by atoms with Gasteiger partial charge in [-0.2, -0.15) is 0 Å². The normalized spacial score (nSPS) is 41.4. The fraction of sp³-hybridized carbons (Fsp3) is 1.00. The van der Waals surface area contributed by atoms with Gasteiger partial charge >= 0.3 is 0 Å². The number of hydrogen-bond acceptors (Lipinski definition) is 1. The second kappa shape index (κ2) is 1.97. The summed E-state index contributed by atoms with van der Waals surface area (Å²) in [6.45, 7) is 5.60. The lowest BCUT2D eigenvalue weighted by atomic mass is 9.94. The number of rotatable bonds is 3. The van der Waals surface area contributed by atoms with Gasteiger partial charge in [-0.1, -0.05) is 6.92 Å². The van der Waals surface area contributed by atoms with Crippen molar-refractivity contribution in [1.29, 1.82) is 0 Å². The van der Waals surface area contributed by atoms with Gasteiger partial charge in [0.25, 0.3) is 0 Å². The minimum absolute atomic E-state index is 0.294. The Morgan fingerprint density at radius 1 is 1.60 bits per heavy atom. The Hall–Kier alpha value is -0.0400. The maximum atomic E-state index is 5.34. The molecule has 2 atom stereocenters. The Morgan fingerprint density at radius 3 is 2.60 bits per heavy atom. The standard InChI is InChI=1S/C9H16O/c1-7(8-3-4-8)5-9(2)6-10-9/h7-8H,3-6H2,1-2H3. The largest absolute Gasteiger partial charge is 0.370 e. The first-order chi connectivity index (χ1) is 4.70. The number of epoxide rings is 1. The van der Waals surface area contributed by atoms with Crippen molar-refractivity contribution < 1.29 is 4.74 Å². The quantitative estimate of drug-likeness (QED) is 0.547. The predicted octanol–water partition coefficient (Wildman–Crippen LogP) is 2.21. The van der Waals surface area contributed by atoms with E-state index >= 15 is 0 Å². The molecule has 1 aliphatic heterocycles. The Morgan fingerprint density at radius 2 is 2.20 bits per heavy atom. The van der Waals surface area contributed by atoms with Crippen LogP contribution in [0.4, 0.5) is 0 Å². The van der Waals surface area contributed by atoms with Gasteiger partial charge < -0.3 is 4.74 Å². The zero-order valence-corrected chi connectivity index (χ0v) is 6.89. The molecule has 0 aromatic heterocycles. The van der Waals surface area contributed by atoms with E-state index in [2.05, 4.69) is 13.8 Å². The molecule has 0 N–H and O–H groups in total. The highest BCUT2D eigenvalue weighted by Crippen LogP contribution is 2.43. The van der Waals surface area contributed by atoms with Crippen molar-refractivity contribution in [3.8, 4) is 0 Å². The van der Waals surface area contributed by atoms with E-state index in [1.165, 1.54) is 19.3 Å². The van der Waals surface area contributed by atoms with Crippen LogP contribution in [-0.2, 0) is 4.74 Å². The second-order valence-corrected chi connectivity index (χ2v) is 4.26. The molecular weight excluding hydrogens is 124 g/mol. The van der Waals surface area contributed by atoms with Crippen LogP contribution < -0.4 is 0 Å². The third kappa shape index (κ3) is 1.34. The molecule has 0 spiro atoms. The second-order valence-electron chi connectivity index (χ2n) is 4.26. The SMILES string of the molecule is CC(CC1(C)CO1)C1CC1. The van der Waals surface area contributed by atoms with E-state index in [0.29, 0.717) is 5.60 Å². The van der Waals surface area contributed by atoms with Gasteiger partial charge in [0.15, 0.2) is 0 Å². The van der Waals surface area contributed by atoms with Crippen LogP contribution in [0.5, 0.6) is 0 Å². The molecule has 0 aromatic carbocycles.